The lowest BCUT2D eigenvalue weighted by Gasteiger charge is -2.07. The molecule has 0 bridgehead atoms. The molecular formula is C20H18BrCl2N3O3S. The molecule has 0 fully saturated rings. The second kappa shape index (κ2) is 11.0. The summed E-state index contributed by atoms with van der Waals surface area (Å²) in [4.78, 5) is 12.2. The van der Waals surface area contributed by atoms with Crippen LogP contribution in [0.2, 0.25) is 10.0 Å². The molecule has 1 N–H and O–H groups in total. The van der Waals surface area contributed by atoms with E-state index in [0.717, 1.165) is 15.7 Å². The Kier molecular flexibility index (Phi) is 8.44. The van der Waals surface area contributed by atoms with Crippen molar-refractivity contribution in [2.45, 2.75) is 25.0 Å². The number of hydrogen-bond acceptors (Lipinski definition) is 6. The fourth-order valence-corrected chi connectivity index (χ4v) is 4.00. The minimum Gasteiger partial charge on any atom is -0.492 e. The number of benzene rings is 2. The van der Waals surface area contributed by atoms with Gasteiger partial charge >= 0.3 is 0 Å². The molecule has 3 rings (SSSR count). The van der Waals surface area contributed by atoms with Gasteiger partial charge in [-0.25, -0.2) is 0 Å². The first kappa shape index (κ1) is 22.9. The van der Waals surface area contributed by atoms with E-state index in [1.54, 1.807) is 18.2 Å². The second-order valence-corrected chi connectivity index (χ2v) is 8.97. The van der Waals surface area contributed by atoms with Gasteiger partial charge in [-0.3, -0.25) is 4.79 Å². The number of hydrogen-bond donors (Lipinski definition) is 1. The van der Waals surface area contributed by atoms with Gasteiger partial charge in [-0.2, -0.15) is 0 Å². The van der Waals surface area contributed by atoms with Gasteiger partial charge in [-0.05, 0) is 55.3 Å². The number of halogens is 3. The normalized spacial score (nSPS) is 10.8. The standard InChI is InChI=1S/C20H18BrCl2N3O3S/c1-12-9-13(21)4-6-16(12)24-18(27)11-30-20-26-25-19(29-20)3-2-8-28-17-7-5-14(22)10-15(17)23/h4-7,9-10H,2-3,8,11H2,1H3,(H,24,27). The molecule has 158 valence electrons. The van der Waals surface area contributed by atoms with Crippen molar-refractivity contribution in [2.75, 3.05) is 17.7 Å². The Hall–Kier alpha value is -1.74. The fourth-order valence-electron chi connectivity index (χ4n) is 2.48. The summed E-state index contributed by atoms with van der Waals surface area (Å²) in [5.74, 6) is 1.11. The molecule has 0 aliphatic rings. The van der Waals surface area contributed by atoms with Crippen LogP contribution in [0.1, 0.15) is 17.9 Å². The number of anilines is 1. The van der Waals surface area contributed by atoms with Crippen LogP contribution >= 0.6 is 50.9 Å². The van der Waals surface area contributed by atoms with Gasteiger partial charge in [-0.15, -0.1) is 10.2 Å². The number of nitrogens with zero attached hydrogens (tertiary/aromatic N) is 2. The molecule has 6 nitrogen and oxygen atoms in total. The maximum absolute atomic E-state index is 12.2. The summed E-state index contributed by atoms with van der Waals surface area (Å²) in [6, 6.07) is 10.8. The zero-order chi connectivity index (χ0) is 21.5. The van der Waals surface area contributed by atoms with Crippen LogP contribution in [0.4, 0.5) is 5.69 Å². The Morgan fingerprint density at radius 1 is 1.23 bits per heavy atom. The third-order valence-electron chi connectivity index (χ3n) is 3.92. The van der Waals surface area contributed by atoms with Crippen molar-refractivity contribution >= 4 is 62.5 Å². The van der Waals surface area contributed by atoms with Crippen molar-refractivity contribution in [1.29, 1.82) is 0 Å². The highest BCUT2D eigenvalue weighted by Crippen LogP contribution is 2.27. The minimum atomic E-state index is -0.140. The third-order valence-corrected chi connectivity index (χ3v) is 5.77. The number of carbonyl (C=O) groups is 1. The first-order valence-electron chi connectivity index (χ1n) is 9.00. The molecule has 10 heteroatoms. The molecule has 1 amide bonds. The summed E-state index contributed by atoms with van der Waals surface area (Å²) >= 11 is 16.5. The molecule has 30 heavy (non-hydrogen) atoms. The average molecular weight is 531 g/mol. The number of aromatic nitrogens is 2. The number of aryl methyl sites for hydroxylation is 2. The van der Waals surface area contributed by atoms with Crippen LogP contribution in [0.25, 0.3) is 0 Å². The van der Waals surface area contributed by atoms with Crippen molar-refractivity contribution < 1.29 is 13.9 Å². The van der Waals surface area contributed by atoms with E-state index in [-0.39, 0.29) is 11.7 Å². The Labute approximate surface area is 196 Å². The summed E-state index contributed by atoms with van der Waals surface area (Å²) < 4.78 is 12.2. The SMILES string of the molecule is Cc1cc(Br)ccc1NC(=O)CSc1nnc(CCCOc2ccc(Cl)cc2Cl)o1. The monoisotopic (exact) mass is 529 g/mol. The lowest BCUT2D eigenvalue weighted by Crippen LogP contribution is -2.14. The van der Waals surface area contributed by atoms with E-state index >= 15 is 0 Å². The van der Waals surface area contributed by atoms with E-state index in [2.05, 4.69) is 31.4 Å². The van der Waals surface area contributed by atoms with Crippen LogP contribution in [0.3, 0.4) is 0 Å². The van der Waals surface area contributed by atoms with E-state index in [0.29, 0.717) is 46.4 Å². The average Bonchev–Trinajstić information content (AvgIpc) is 3.15. The van der Waals surface area contributed by atoms with Gasteiger partial charge < -0.3 is 14.5 Å². The number of carbonyl (C=O) groups excluding carboxylic acids is 1. The first-order valence-corrected chi connectivity index (χ1v) is 11.5. The van der Waals surface area contributed by atoms with Crippen LogP contribution in [-0.4, -0.2) is 28.5 Å². The molecule has 0 aliphatic heterocycles. The molecule has 2 aromatic carbocycles. The van der Waals surface area contributed by atoms with Crippen molar-refractivity contribution in [2.24, 2.45) is 0 Å². The Morgan fingerprint density at radius 2 is 2.07 bits per heavy atom. The largest absolute Gasteiger partial charge is 0.492 e. The number of ether oxygens (including phenoxy) is 1. The summed E-state index contributed by atoms with van der Waals surface area (Å²) in [6.07, 6.45) is 1.23. The Bertz CT molecular complexity index is 1030. The van der Waals surface area contributed by atoms with Crippen LogP contribution in [-0.2, 0) is 11.2 Å². The highest BCUT2D eigenvalue weighted by molar-refractivity contribution is 9.10. The highest BCUT2D eigenvalue weighted by Gasteiger charge is 2.11. The molecule has 0 aliphatic carbocycles. The Morgan fingerprint density at radius 3 is 2.83 bits per heavy atom. The lowest BCUT2D eigenvalue weighted by atomic mass is 10.2. The van der Waals surface area contributed by atoms with E-state index < -0.39 is 0 Å². The van der Waals surface area contributed by atoms with Crippen LogP contribution in [0, 0.1) is 6.92 Å². The minimum absolute atomic E-state index is 0.140. The Balaban J connectivity index is 1.39. The number of rotatable bonds is 9. The van der Waals surface area contributed by atoms with Gasteiger partial charge in [0.1, 0.15) is 5.75 Å². The van der Waals surface area contributed by atoms with E-state index in [1.807, 2.05) is 25.1 Å². The summed E-state index contributed by atoms with van der Waals surface area (Å²) in [7, 11) is 0. The van der Waals surface area contributed by atoms with E-state index in [4.69, 9.17) is 32.4 Å². The van der Waals surface area contributed by atoms with Crippen molar-refractivity contribution in [1.82, 2.24) is 10.2 Å². The number of thioether (sulfide) groups is 1. The molecule has 1 heterocycles. The van der Waals surface area contributed by atoms with Crippen molar-refractivity contribution in [3.8, 4) is 5.75 Å². The molecule has 0 spiro atoms. The first-order chi connectivity index (χ1) is 14.4. The maximum Gasteiger partial charge on any atom is 0.277 e. The number of amides is 1. The number of nitrogens with one attached hydrogen (secondary N) is 1. The van der Waals surface area contributed by atoms with E-state index in [1.165, 1.54) is 11.8 Å². The third kappa shape index (κ3) is 6.91. The zero-order valence-electron chi connectivity index (χ0n) is 16.0. The molecule has 1 aromatic heterocycles. The van der Waals surface area contributed by atoms with E-state index in [9.17, 15) is 4.79 Å². The fraction of sp³-hybridized carbons (Fsp3) is 0.250. The van der Waals surface area contributed by atoms with Crippen LogP contribution in [0.15, 0.2) is 50.5 Å². The summed E-state index contributed by atoms with van der Waals surface area (Å²) in [5, 5.41) is 12.2. The van der Waals surface area contributed by atoms with Crippen molar-refractivity contribution in [3.63, 3.8) is 0 Å². The van der Waals surface area contributed by atoms with Gasteiger partial charge in [0.25, 0.3) is 5.22 Å². The quantitative estimate of drug-likeness (QED) is 0.262. The van der Waals surface area contributed by atoms with Crippen LogP contribution < -0.4 is 10.1 Å². The summed E-state index contributed by atoms with van der Waals surface area (Å²) in [5.41, 5.74) is 1.75. The smallest absolute Gasteiger partial charge is 0.277 e. The molecule has 0 radical (unpaired) electrons. The zero-order valence-corrected chi connectivity index (χ0v) is 19.9. The maximum atomic E-state index is 12.2. The predicted molar refractivity (Wildman–Crippen MR) is 123 cm³/mol. The van der Waals surface area contributed by atoms with Crippen molar-refractivity contribution in [3.05, 3.63) is 62.4 Å². The van der Waals surface area contributed by atoms with Gasteiger partial charge in [0.05, 0.1) is 17.4 Å². The predicted octanol–water partition coefficient (Wildman–Crippen LogP) is 6.19. The van der Waals surface area contributed by atoms with Crippen LogP contribution in [0.5, 0.6) is 5.75 Å². The second-order valence-electron chi connectivity index (χ2n) is 6.28. The molecule has 0 atom stereocenters. The molecule has 3 aromatic rings. The molecule has 0 unspecified atom stereocenters. The highest BCUT2D eigenvalue weighted by atomic mass is 79.9. The van der Waals surface area contributed by atoms with Gasteiger partial charge in [0.2, 0.25) is 11.8 Å². The topological polar surface area (TPSA) is 77.2 Å². The molecular weight excluding hydrogens is 513 g/mol. The van der Waals surface area contributed by atoms with Gasteiger partial charge in [0, 0.05) is 21.6 Å². The summed E-state index contributed by atoms with van der Waals surface area (Å²) in [6.45, 7) is 2.38. The van der Waals surface area contributed by atoms with Gasteiger partial charge in [0.15, 0.2) is 0 Å². The molecule has 0 saturated carbocycles. The lowest BCUT2D eigenvalue weighted by molar-refractivity contribution is -0.113. The molecule has 0 saturated heterocycles. The van der Waals surface area contributed by atoms with Gasteiger partial charge in [-0.1, -0.05) is 50.9 Å².